The highest BCUT2D eigenvalue weighted by atomic mass is 32.1. The number of nitrogens with two attached hydrogens (primary N) is 1. The number of carbonyl (C=O) groups excluding carboxylic acids is 2. The highest BCUT2D eigenvalue weighted by molar-refractivity contribution is 7.12. The number of phenolic OH excluding ortho intramolecular Hbond substituents is 1. The van der Waals surface area contributed by atoms with Crippen LogP contribution in [0.1, 0.15) is 67.9 Å². The van der Waals surface area contributed by atoms with Gasteiger partial charge >= 0.3 is 0 Å². The number of amidine groups is 1. The smallest absolute Gasteiger partial charge is 0.251 e. The number of hydrogen-bond donors (Lipinski definition) is 4. The molecule has 1 aromatic heterocycles. The molecule has 3 aromatic rings. The number of aromatic hydroxyl groups is 1. The third kappa shape index (κ3) is 6.73. The molecule has 36 heavy (non-hydrogen) atoms. The number of carbonyl (C=O) groups is 2. The zero-order chi connectivity index (χ0) is 26.7. The van der Waals surface area contributed by atoms with Crippen LogP contribution < -0.4 is 16.4 Å². The number of aliphatic imine (C=N–C) groups is 1. The first-order valence-corrected chi connectivity index (χ1v) is 12.6. The van der Waals surface area contributed by atoms with E-state index in [1.165, 1.54) is 11.3 Å². The average molecular weight is 507 g/mol. The lowest BCUT2D eigenvalue weighted by atomic mass is 9.78. The van der Waals surface area contributed by atoms with Gasteiger partial charge in [0.1, 0.15) is 11.6 Å². The van der Waals surface area contributed by atoms with Gasteiger partial charge in [-0.15, -0.1) is 11.3 Å². The lowest BCUT2D eigenvalue weighted by Crippen LogP contribution is -2.33. The van der Waals surface area contributed by atoms with Crippen LogP contribution in [-0.4, -0.2) is 29.3 Å². The van der Waals surface area contributed by atoms with Crippen molar-refractivity contribution >= 4 is 40.4 Å². The first-order chi connectivity index (χ1) is 16.8. The van der Waals surface area contributed by atoms with Crippen molar-refractivity contribution in [3.05, 3.63) is 75.5 Å². The molecule has 0 saturated heterocycles. The van der Waals surface area contributed by atoms with Crippen LogP contribution in [0.2, 0.25) is 0 Å². The van der Waals surface area contributed by atoms with Gasteiger partial charge in [-0.05, 0) is 58.7 Å². The third-order valence-electron chi connectivity index (χ3n) is 5.57. The molecule has 0 aliphatic rings. The molecule has 8 heteroatoms. The van der Waals surface area contributed by atoms with E-state index in [1.54, 1.807) is 36.4 Å². The molecule has 2 amide bonds. The lowest BCUT2D eigenvalue weighted by Gasteiger charge is -2.28. The third-order valence-corrected chi connectivity index (χ3v) is 6.46. The summed E-state index contributed by atoms with van der Waals surface area (Å²) in [7, 11) is 0. The molecule has 2 aromatic carbocycles. The fourth-order valence-corrected chi connectivity index (χ4v) is 4.24. The van der Waals surface area contributed by atoms with Gasteiger partial charge in [-0.2, -0.15) is 0 Å². The quantitative estimate of drug-likeness (QED) is 0.262. The lowest BCUT2D eigenvalue weighted by molar-refractivity contribution is -0.115. The molecule has 0 fully saturated rings. The second kappa shape index (κ2) is 10.5. The molecule has 0 aliphatic carbocycles. The Bertz CT molecular complexity index is 1230. The van der Waals surface area contributed by atoms with Crippen LogP contribution >= 0.6 is 11.3 Å². The van der Waals surface area contributed by atoms with Gasteiger partial charge in [-0.1, -0.05) is 47.6 Å². The van der Waals surface area contributed by atoms with Crippen LogP contribution in [0, 0.1) is 0 Å². The van der Waals surface area contributed by atoms with Crippen LogP contribution in [0.3, 0.4) is 0 Å². The number of thiophene rings is 1. The monoisotopic (exact) mass is 506 g/mol. The molecule has 0 bridgehead atoms. The van der Waals surface area contributed by atoms with E-state index in [0.29, 0.717) is 33.9 Å². The van der Waals surface area contributed by atoms with E-state index in [9.17, 15) is 14.7 Å². The molecule has 0 atom stereocenters. The van der Waals surface area contributed by atoms with Crippen LogP contribution in [0.5, 0.6) is 5.75 Å². The van der Waals surface area contributed by atoms with Gasteiger partial charge in [-0.25, -0.2) is 4.99 Å². The summed E-state index contributed by atoms with van der Waals surface area (Å²) in [5.74, 6) is -0.101. The molecule has 0 aliphatic heterocycles. The van der Waals surface area contributed by atoms with Crippen LogP contribution in [0.4, 0.5) is 11.4 Å². The Morgan fingerprint density at radius 1 is 0.972 bits per heavy atom. The van der Waals surface area contributed by atoms with E-state index in [2.05, 4.69) is 15.6 Å². The van der Waals surface area contributed by atoms with Crippen molar-refractivity contribution in [3.63, 3.8) is 0 Å². The van der Waals surface area contributed by atoms with Crippen molar-refractivity contribution in [2.24, 2.45) is 10.7 Å². The van der Waals surface area contributed by atoms with Crippen LogP contribution in [0.15, 0.2) is 58.9 Å². The number of hydrogen-bond acceptors (Lipinski definition) is 5. The second-order valence-electron chi connectivity index (χ2n) is 10.7. The normalized spacial score (nSPS) is 12.3. The highest BCUT2D eigenvalue weighted by Crippen LogP contribution is 2.39. The SMILES string of the molecule is CC(C)(C)c1cc(C(=O)NCC(=O)Nc2ccc(N=C(N)c3cccs3)cc2)cc(C(C)(C)C)c1O. The van der Waals surface area contributed by atoms with E-state index >= 15 is 0 Å². The Labute approximate surface area is 216 Å². The molecular formula is C28H34N4O3S. The fraction of sp³-hybridized carbons (Fsp3) is 0.321. The largest absolute Gasteiger partial charge is 0.507 e. The van der Waals surface area contributed by atoms with Gasteiger partial charge in [-0.3, -0.25) is 9.59 Å². The molecular weight excluding hydrogens is 472 g/mol. The maximum absolute atomic E-state index is 12.9. The van der Waals surface area contributed by atoms with Crippen LogP contribution in [-0.2, 0) is 15.6 Å². The highest BCUT2D eigenvalue weighted by Gasteiger charge is 2.27. The summed E-state index contributed by atoms with van der Waals surface area (Å²) < 4.78 is 0. The minimum atomic E-state index is -0.380. The molecule has 3 rings (SSSR count). The number of phenols is 1. The van der Waals surface area contributed by atoms with Gasteiger partial charge < -0.3 is 21.5 Å². The molecule has 0 saturated carbocycles. The van der Waals surface area contributed by atoms with E-state index in [-0.39, 0.29) is 34.9 Å². The summed E-state index contributed by atoms with van der Waals surface area (Å²) in [6.45, 7) is 11.7. The van der Waals surface area contributed by atoms with Crippen molar-refractivity contribution in [3.8, 4) is 5.75 Å². The second-order valence-corrected chi connectivity index (χ2v) is 11.6. The Balaban J connectivity index is 1.66. The molecule has 1 heterocycles. The van der Waals surface area contributed by atoms with Gasteiger partial charge in [0.2, 0.25) is 5.91 Å². The Kier molecular flexibility index (Phi) is 7.89. The number of rotatable bonds is 6. The summed E-state index contributed by atoms with van der Waals surface area (Å²) in [4.78, 5) is 30.7. The predicted octanol–water partition coefficient (Wildman–Crippen LogP) is 5.45. The maximum atomic E-state index is 12.9. The minimum Gasteiger partial charge on any atom is -0.507 e. The summed E-state index contributed by atoms with van der Waals surface area (Å²) in [6.07, 6.45) is 0. The van der Waals surface area contributed by atoms with E-state index in [4.69, 9.17) is 5.73 Å². The van der Waals surface area contributed by atoms with Gasteiger partial charge in [0.05, 0.1) is 17.1 Å². The molecule has 7 nitrogen and oxygen atoms in total. The minimum absolute atomic E-state index is 0.194. The molecule has 0 spiro atoms. The van der Waals surface area contributed by atoms with Crippen molar-refractivity contribution in [2.45, 2.75) is 52.4 Å². The van der Waals surface area contributed by atoms with Crippen molar-refractivity contribution in [1.82, 2.24) is 5.32 Å². The topological polar surface area (TPSA) is 117 Å². The number of benzene rings is 2. The Hall–Kier alpha value is -3.65. The predicted molar refractivity (Wildman–Crippen MR) is 148 cm³/mol. The summed E-state index contributed by atoms with van der Waals surface area (Å²) >= 11 is 1.51. The Morgan fingerprint density at radius 2 is 1.56 bits per heavy atom. The maximum Gasteiger partial charge on any atom is 0.251 e. The fourth-order valence-electron chi connectivity index (χ4n) is 3.61. The van der Waals surface area contributed by atoms with E-state index in [1.807, 2.05) is 59.1 Å². The number of nitrogens with zero attached hydrogens (tertiary/aromatic N) is 1. The first kappa shape index (κ1) is 26.9. The Morgan fingerprint density at radius 3 is 2.06 bits per heavy atom. The van der Waals surface area contributed by atoms with E-state index < -0.39 is 0 Å². The van der Waals surface area contributed by atoms with Gasteiger partial charge in [0.25, 0.3) is 5.91 Å². The van der Waals surface area contributed by atoms with Crippen molar-refractivity contribution in [2.75, 3.05) is 11.9 Å². The standard InChI is InChI=1S/C28H34N4O3S/c1-27(2,3)20-14-17(15-21(24(20)34)28(4,5)6)26(35)30-16-23(33)31-18-9-11-19(12-10-18)32-25(29)22-8-7-13-36-22/h7-15,34H,16H2,1-6H3,(H2,29,32)(H,30,35)(H,31,33). The van der Waals surface area contributed by atoms with Crippen molar-refractivity contribution < 1.29 is 14.7 Å². The van der Waals surface area contributed by atoms with Gasteiger partial charge in [0.15, 0.2) is 0 Å². The van der Waals surface area contributed by atoms with Gasteiger partial charge in [0, 0.05) is 22.4 Å². The first-order valence-electron chi connectivity index (χ1n) is 11.7. The zero-order valence-corrected chi connectivity index (χ0v) is 22.4. The summed E-state index contributed by atoms with van der Waals surface area (Å²) in [5, 5.41) is 18.2. The van der Waals surface area contributed by atoms with E-state index in [0.717, 1.165) is 4.88 Å². The molecule has 190 valence electrons. The molecule has 5 N–H and O–H groups in total. The number of anilines is 1. The average Bonchev–Trinajstić information content (AvgIpc) is 3.32. The zero-order valence-electron chi connectivity index (χ0n) is 21.6. The molecule has 0 unspecified atom stereocenters. The van der Waals surface area contributed by atoms with Crippen LogP contribution in [0.25, 0.3) is 0 Å². The number of nitrogens with one attached hydrogen (secondary N) is 2. The summed E-state index contributed by atoms with van der Waals surface area (Å²) in [5.41, 5.74) is 8.33. The van der Waals surface area contributed by atoms with Crippen molar-refractivity contribution in [1.29, 1.82) is 0 Å². The number of amides is 2. The summed E-state index contributed by atoms with van der Waals surface area (Å²) in [6, 6.07) is 14.2. The molecule has 0 radical (unpaired) electrons.